The first-order chi connectivity index (χ1) is 4.57. The maximum absolute atomic E-state index is 10.0. The molecule has 0 saturated carbocycles. The first-order valence-corrected chi connectivity index (χ1v) is 3.80. The third kappa shape index (κ3) is 3.45. The molecule has 0 unspecified atom stereocenters. The zero-order valence-corrected chi connectivity index (χ0v) is 6.99. The number of carbonyl (C=O) groups is 1. The van der Waals surface area contributed by atoms with Crippen molar-refractivity contribution >= 4 is 23.1 Å². The minimum absolute atomic E-state index is 0.182. The Labute approximate surface area is 65.2 Å². The molecule has 0 aliphatic rings. The van der Waals surface area contributed by atoms with Crippen LogP contribution in [0.3, 0.4) is 0 Å². The first-order valence-electron chi connectivity index (χ1n) is 2.98. The lowest BCUT2D eigenvalue weighted by molar-refractivity contribution is -0.104. The molecule has 0 radical (unpaired) electrons. The van der Waals surface area contributed by atoms with Crippen molar-refractivity contribution in [3.8, 4) is 0 Å². The van der Waals surface area contributed by atoms with E-state index >= 15 is 0 Å². The Morgan fingerprint density at radius 2 is 2.20 bits per heavy atom. The number of carbonyl (C=O) groups excluding carboxylic acids is 1. The Bertz CT molecular complexity index is 163. The van der Waals surface area contributed by atoms with Crippen LogP contribution in [-0.2, 0) is 4.79 Å². The summed E-state index contributed by atoms with van der Waals surface area (Å²) in [5.41, 5.74) is 0. The highest BCUT2D eigenvalue weighted by atomic mass is 32.2. The van der Waals surface area contributed by atoms with Gasteiger partial charge in [0, 0.05) is 10.8 Å². The Morgan fingerprint density at radius 3 is 2.50 bits per heavy atom. The van der Waals surface area contributed by atoms with Crippen LogP contribution in [0.15, 0.2) is 11.5 Å². The van der Waals surface area contributed by atoms with Crippen molar-refractivity contribution in [2.45, 2.75) is 13.8 Å². The molecule has 0 amide bonds. The van der Waals surface area contributed by atoms with Crippen molar-refractivity contribution in [3.63, 3.8) is 0 Å². The van der Waals surface area contributed by atoms with Crippen LogP contribution in [0.1, 0.15) is 13.8 Å². The summed E-state index contributed by atoms with van der Waals surface area (Å²) in [4.78, 5) is 10.4. The Morgan fingerprint density at radius 1 is 1.70 bits per heavy atom. The van der Waals surface area contributed by atoms with Crippen LogP contribution < -0.4 is 0 Å². The summed E-state index contributed by atoms with van der Waals surface area (Å²) in [6.07, 6.45) is 0.668. The summed E-state index contributed by atoms with van der Waals surface area (Å²) in [7, 11) is 0. The second-order valence-electron chi connectivity index (χ2n) is 2.21. The molecule has 0 aliphatic heterocycles. The van der Waals surface area contributed by atoms with Crippen LogP contribution >= 0.6 is 11.8 Å². The van der Waals surface area contributed by atoms with E-state index < -0.39 is 0 Å². The summed E-state index contributed by atoms with van der Waals surface area (Å²) < 4.78 is 0. The molecule has 0 bridgehead atoms. The fourth-order valence-corrected chi connectivity index (χ4v) is 0.849. The number of aldehydes is 1. The molecule has 0 aromatic rings. The standard InChI is InChI=1S/C7H11NOS/c1-5(2)7(8)10-6(3)4-9/h4-5,8H,3H2,1-2H3. The Hall–Kier alpha value is -0.570. The van der Waals surface area contributed by atoms with Crippen LogP contribution in [-0.4, -0.2) is 11.3 Å². The number of hydrogen-bond donors (Lipinski definition) is 1. The average molecular weight is 157 g/mol. The summed E-state index contributed by atoms with van der Waals surface area (Å²) in [6, 6.07) is 0. The van der Waals surface area contributed by atoms with E-state index in [1.54, 1.807) is 0 Å². The molecule has 0 aromatic heterocycles. The summed E-state index contributed by atoms with van der Waals surface area (Å²) in [5.74, 6) is 0.182. The second-order valence-corrected chi connectivity index (χ2v) is 3.37. The SMILES string of the molecule is C=C(C=O)SC(=N)C(C)C. The molecule has 10 heavy (non-hydrogen) atoms. The van der Waals surface area contributed by atoms with Crippen molar-refractivity contribution in [1.29, 1.82) is 5.41 Å². The van der Waals surface area contributed by atoms with Gasteiger partial charge < -0.3 is 0 Å². The van der Waals surface area contributed by atoms with Gasteiger partial charge in [0.15, 0.2) is 6.29 Å². The fourth-order valence-electron chi connectivity index (χ4n) is 0.283. The van der Waals surface area contributed by atoms with Crippen molar-refractivity contribution in [2.24, 2.45) is 5.92 Å². The van der Waals surface area contributed by atoms with Gasteiger partial charge in [-0.25, -0.2) is 0 Å². The third-order valence-electron chi connectivity index (χ3n) is 0.897. The maximum Gasteiger partial charge on any atom is 0.156 e. The number of hydrogen-bond acceptors (Lipinski definition) is 3. The van der Waals surface area contributed by atoms with E-state index in [9.17, 15) is 4.79 Å². The third-order valence-corrected chi connectivity index (χ3v) is 1.95. The summed E-state index contributed by atoms with van der Waals surface area (Å²) in [5, 5.41) is 7.80. The molecule has 0 atom stereocenters. The van der Waals surface area contributed by atoms with E-state index in [1.807, 2.05) is 13.8 Å². The topological polar surface area (TPSA) is 40.9 Å². The molecule has 56 valence electrons. The van der Waals surface area contributed by atoms with Crippen LogP contribution in [0.5, 0.6) is 0 Å². The van der Waals surface area contributed by atoms with E-state index in [2.05, 4.69) is 6.58 Å². The molecule has 1 N–H and O–H groups in total. The van der Waals surface area contributed by atoms with Crippen molar-refractivity contribution in [3.05, 3.63) is 11.5 Å². The quantitative estimate of drug-likeness (QED) is 0.295. The van der Waals surface area contributed by atoms with Crippen LogP contribution in [0, 0.1) is 11.3 Å². The molecular weight excluding hydrogens is 146 g/mol. The molecule has 0 aromatic carbocycles. The van der Waals surface area contributed by atoms with E-state index in [1.165, 1.54) is 0 Å². The predicted molar refractivity (Wildman–Crippen MR) is 45.4 cm³/mol. The number of allylic oxidation sites excluding steroid dienone is 1. The zero-order chi connectivity index (χ0) is 8.15. The van der Waals surface area contributed by atoms with E-state index in [0.29, 0.717) is 16.2 Å². The van der Waals surface area contributed by atoms with Gasteiger partial charge in [-0.2, -0.15) is 0 Å². The lowest BCUT2D eigenvalue weighted by Crippen LogP contribution is -2.00. The van der Waals surface area contributed by atoms with Crippen LogP contribution in [0.2, 0.25) is 0 Å². The smallest absolute Gasteiger partial charge is 0.156 e. The molecule has 0 spiro atoms. The molecule has 3 heteroatoms. The molecule has 2 nitrogen and oxygen atoms in total. The summed E-state index contributed by atoms with van der Waals surface area (Å²) in [6.45, 7) is 7.27. The maximum atomic E-state index is 10.0. The monoisotopic (exact) mass is 157 g/mol. The largest absolute Gasteiger partial charge is 0.298 e. The molecule has 0 saturated heterocycles. The average Bonchev–Trinajstić information content (AvgIpc) is 1.87. The minimum atomic E-state index is 0.182. The van der Waals surface area contributed by atoms with Crippen molar-refractivity contribution < 1.29 is 4.79 Å². The van der Waals surface area contributed by atoms with Gasteiger partial charge in [-0.1, -0.05) is 32.2 Å². The van der Waals surface area contributed by atoms with Crippen molar-refractivity contribution in [2.75, 3.05) is 0 Å². The Kier molecular flexibility index (Phi) is 4.03. The highest BCUT2D eigenvalue weighted by Gasteiger charge is 2.04. The number of rotatable bonds is 3. The van der Waals surface area contributed by atoms with Gasteiger partial charge >= 0.3 is 0 Å². The zero-order valence-electron chi connectivity index (χ0n) is 6.18. The van der Waals surface area contributed by atoms with Gasteiger partial charge in [0.25, 0.3) is 0 Å². The lowest BCUT2D eigenvalue weighted by Gasteiger charge is -2.03. The highest BCUT2D eigenvalue weighted by Crippen LogP contribution is 2.16. The van der Waals surface area contributed by atoms with Crippen LogP contribution in [0.4, 0.5) is 0 Å². The van der Waals surface area contributed by atoms with Crippen LogP contribution in [0.25, 0.3) is 0 Å². The van der Waals surface area contributed by atoms with Gasteiger partial charge in [-0.3, -0.25) is 10.2 Å². The molecule has 0 heterocycles. The molecular formula is C7H11NOS. The molecule has 0 aliphatic carbocycles. The van der Waals surface area contributed by atoms with Gasteiger partial charge in [0.1, 0.15) is 0 Å². The van der Waals surface area contributed by atoms with Crippen molar-refractivity contribution in [1.82, 2.24) is 0 Å². The van der Waals surface area contributed by atoms with E-state index in [-0.39, 0.29) is 5.92 Å². The lowest BCUT2D eigenvalue weighted by atomic mass is 10.2. The van der Waals surface area contributed by atoms with Gasteiger partial charge in [-0.05, 0) is 0 Å². The minimum Gasteiger partial charge on any atom is -0.298 e. The highest BCUT2D eigenvalue weighted by molar-refractivity contribution is 8.17. The predicted octanol–water partition coefficient (Wildman–Crippen LogP) is 2.07. The Balaban J connectivity index is 3.80. The van der Waals surface area contributed by atoms with Gasteiger partial charge in [0.05, 0.1) is 5.04 Å². The molecule has 0 rings (SSSR count). The fraction of sp³-hybridized carbons (Fsp3) is 0.429. The van der Waals surface area contributed by atoms with Gasteiger partial charge in [0.2, 0.25) is 0 Å². The first kappa shape index (κ1) is 9.43. The number of thioether (sulfide) groups is 1. The number of nitrogens with one attached hydrogen (secondary N) is 1. The second kappa shape index (κ2) is 4.28. The van der Waals surface area contributed by atoms with E-state index in [0.717, 1.165) is 11.8 Å². The van der Waals surface area contributed by atoms with E-state index in [4.69, 9.17) is 5.41 Å². The van der Waals surface area contributed by atoms with Gasteiger partial charge in [-0.15, -0.1) is 0 Å². The normalized spacial score (nSPS) is 9.50. The molecule has 0 fully saturated rings. The summed E-state index contributed by atoms with van der Waals surface area (Å²) >= 11 is 1.13.